The molecule has 0 aromatic heterocycles. The van der Waals surface area contributed by atoms with Crippen molar-refractivity contribution in [2.45, 2.75) is 0 Å². The minimum Gasteiger partial charge on any atom is -0.507 e. The SMILES string of the molecule is COc1ccc(O)c(/C=C/C(=O)Cl)c1OC. The third-order valence-corrected chi connectivity index (χ3v) is 2.07. The van der Waals surface area contributed by atoms with Gasteiger partial charge in [0.25, 0.3) is 0 Å². The minimum atomic E-state index is -0.635. The molecule has 16 heavy (non-hydrogen) atoms. The van der Waals surface area contributed by atoms with Crippen molar-refractivity contribution in [3.05, 3.63) is 23.8 Å². The van der Waals surface area contributed by atoms with Crippen LogP contribution in [0.15, 0.2) is 18.2 Å². The van der Waals surface area contributed by atoms with Gasteiger partial charge in [0.1, 0.15) is 5.75 Å². The summed E-state index contributed by atoms with van der Waals surface area (Å²) in [5.74, 6) is 0.783. The zero-order valence-electron chi connectivity index (χ0n) is 8.86. The number of carbonyl (C=O) groups is 1. The molecule has 1 rings (SSSR count). The van der Waals surface area contributed by atoms with Gasteiger partial charge in [-0.3, -0.25) is 4.79 Å². The largest absolute Gasteiger partial charge is 0.507 e. The van der Waals surface area contributed by atoms with Crippen LogP contribution in [0.1, 0.15) is 5.56 Å². The molecule has 0 amide bonds. The molecular formula is C11H11ClO4. The molecule has 0 spiro atoms. The fourth-order valence-electron chi connectivity index (χ4n) is 1.25. The molecule has 0 saturated carbocycles. The summed E-state index contributed by atoms with van der Waals surface area (Å²) in [5, 5.41) is 8.98. The molecule has 5 heteroatoms. The fraction of sp³-hybridized carbons (Fsp3) is 0.182. The van der Waals surface area contributed by atoms with Gasteiger partial charge in [0.15, 0.2) is 11.5 Å². The van der Waals surface area contributed by atoms with Crippen molar-refractivity contribution in [2.75, 3.05) is 14.2 Å². The molecule has 0 bridgehead atoms. The lowest BCUT2D eigenvalue weighted by molar-refractivity contribution is -0.107. The summed E-state index contributed by atoms with van der Waals surface area (Å²) < 4.78 is 10.1. The first-order valence-electron chi connectivity index (χ1n) is 4.41. The average molecular weight is 243 g/mol. The number of phenolic OH excluding ortho intramolecular Hbond substituents is 1. The van der Waals surface area contributed by atoms with Gasteiger partial charge in [0, 0.05) is 0 Å². The standard InChI is InChI=1S/C11H11ClO4/c1-15-9-5-4-8(13)7(11(9)16-2)3-6-10(12)14/h3-6,13H,1-2H3/b6-3+. The van der Waals surface area contributed by atoms with Gasteiger partial charge in [0.2, 0.25) is 5.24 Å². The quantitative estimate of drug-likeness (QED) is 0.650. The van der Waals surface area contributed by atoms with Gasteiger partial charge in [-0.2, -0.15) is 0 Å². The second-order valence-corrected chi connectivity index (χ2v) is 3.24. The Labute approximate surface area is 98.1 Å². The third kappa shape index (κ3) is 2.67. The van der Waals surface area contributed by atoms with Gasteiger partial charge in [-0.1, -0.05) is 0 Å². The first-order chi connectivity index (χ1) is 7.60. The molecule has 0 aliphatic rings. The van der Waals surface area contributed by atoms with Gasteiger partial charge in [0.05, 0.1) is 19.8 Å². The lowest BCUT2D eigenvalue weighted by Gasteiger charge is -2.11. The highest BCUT2D eigenvalue weighted by molar-refractivity contribution is 6.66. The number of hydrogen-bond acceptors (Lipinski definition) is 4. The predicted octanol–water partition coefficient (Wildman–Crippen LogP) is 2.19. The van der Waals surface area contributed by atoms with E-state index in [0.29, 0.717) is 17.1 Å². The molecule has 86 valence electrons. The number of phenols is 1. The maximum Gasteiger partial charge on any atom is 0.245 e. The van der Waals surface area contributed by atoms with Crippen molar-refractivity contribution in [1.82, 2.24) is 0 Å². The number of methoxy groups -OCH3 is 2. The topological polar surface area (TPSA) is 55.8 Å². The molecule has 0 radical (unpaired) electrons. The number of carbonyl (C=O) groups excluding carboxylic acids is 1. The highest BCUT2D eigenvalue weighted by Gasteiger charge is 2.12. The number of rotatable bonds is 4. The molecule has 0 heterocycles. The second kappa shape index (κ2) is 5.42. The number of hydrogen-bond donors (Lipinski definition) is 1. The summed E-state index contributed by atoms with van der Waals surface area (Å²) in [6, 6.07) is 3.01. The van der Waals surface area contributed by atoms with E-state index in [0.717, 1.165) is 6.08 Å². The lowest BCUT2D eigenvalue weighted by atomic mass is 10.1. The summed E-state index contributed by atoms with van der Waals surface area (Å²) >= 11 is 5.17. The van der Waals surface area contributed by atoms with Crippen LogP contribution in [0.3, 0.4) is 0 Å². The Morgan fingerprint density at radius 3 is 2.56 bits per heavy atom. The van der Waals surface area contributed by atoms with Gasteiger partial charge >= 0.3 is 0 Å². The molecule has 0 fully saturated rings. The molecule has 0 saturated heterocycles. The lowest BCUT2D eigenvalue weighted by Crippen LogP contribution is -1.93. The first-order valence-corrected chi connectivity index (χ1v) is 4.79. The van der Waals surface area contributed by atoms with E-state index < -0.39 is 5.24 Å². The summed E-state index contributed by atoms with van der Waals surface area (Å²) in [6.07, 6.45) is 2.49. The van der Waals surface area contributed by atoms with E-state index in [1.807, 2.05) is 0 Å². The molecule has 1 aromatic rings. The van der Waals surface area contributed by atoms with Crippen molar-refractivity contribution in [2.24, 2.45) is 0 Å². The highest BCUT2D eigenvalue weighted by atomic mass is 35.5. The highest BCUT2D eigenvalue weighted by Crippen LogP contribution is 2.37. The Balaban J connectivity index is 3.28. The van der Waals surface area contributed by atoms with Crippen molar-refractivity contribution in [1.29, 1.82) is 0 Å². The Morgan fingerprint density at radius 1 is 1.38 bits per heavy atom. The molecule has 1 N–H and O–H groups in total. The van der Waals surface area contributed by atoms with E-state index in [1.165, 1.54) is 26.4 Å². The van der Waals surface area contributed by atoms with Crippen LogP contribution in [0.5, 0.6) is 17.2 Å². The molecule has 0 aliphatic carbocycles. The first kappa shape index (κ1) is 12.4. The molecule has 0 unspecified atom stereocenters. The fourth-order valence-corrected chi connectivity index (χ4v) is 1.31. The van der Waals surface area contributed by atoms with Crippen LogP contribution in [0.2, 0.25) is 0 Å². The van der Waals surface area contributed by atoms with Gasteiger partial charge < -0.3 is 14.6 Å². The molecular weight excluding hydrogens is 232 g/mol. The van der Waals surface area contributed by atoms with Crippen LogP contribution in [0.4, 0.5) is 0 Å². The predicted molar refractivity (Wildman–Crippen MR) is 61.1 cm³/mol. The van der Waals surface area contributed by atoms with Crippen LogP contribution in [0, 0.1) is 0 Å². The van der Waals surface area contributed by atoms with Crippen molar-refractivity contribution < 1.29 is 19.4 Å². The summed E-state index contributed by atoms with van der Waals surface area (Å²) in [5.41, 5.74) is 0.343. The Bertz CT molecular complexity index is 426. The average Bonchev–Trinajstić information content (AvgIpc) is 2.26. The normalized spacial score (nSPS) is 10.4. The molecule has 0 atom stereocenters. The summed E-state index contributed by atoms with van der Waals surface area (Å²) in [6.45, 7) is 0. The van der Waals surface area contributed by atoms with Gasteiger partial charge in [-0.05, 0) is 35.9 Å². The zero-order valence-corrected chi connectivity index (χ0v) is 9.62. The number of aromatic hydroxyl groups is 1. The van der Waals surface area contributed by atoms with Crippen molar-refractivity contribution >= 4 is 22.9 Å². The van der Waals surface area contributed by atoms with Gasteiger partial charge in [-0.25, -0.2) is 0 Å². The monoisotopic (exact) mass is 242 g/mol. The van der Waals surface area contributed by atoms with Crippen molar-refractivity contribution in [3.63, 3.8) is 0 Å². The van der Waals surface area contributed by atoms with E-state index in [4.69, 9.17) is 21.1 Å². The van der Waals surface area contributed by atoms with E-state index in [-0.39, 0.29) is 5.75 Å². The van der Waals surface area contributed by atoms with Crippen molar-refractivity contribution in [3.8, 4) is 17.2 Å². The van der Waals surface area contributed by atoms with Crippen LogP contribution >= 0.6 is 11.6 Å². The number of ether oxygens (including phenoxy) is 2. The van der Waals surface area contributed by atoms with Crippen LogP contribution in [-0.2, 0) is 4.79 Å². The number of benzene rings is 1. The van der Waals surface area contributed by atoms with Gasteiger partial charge in [-0.15, -0.1) is 0 Å². The summed E-state index contributed by atoms with van der Waals surface area (Å²) in [7, 11) is 2.92. The molecule has 4 nitrogen and oxygen atoms in total. The second-order valence-electron chi connectivity index (χ2n) is 2.87. The number of allylic oxidation sites excluding steroid dienone is 1. The van der Waals surface area contributed by atoms with E-state index >= 15 is 0 Å². The van der Waals surface area contributed by atoms with Crippen LogP contribution < -0.4 is 9.47 Å². The smallest absolute Gasteiger partial charge is 0.245 e. The zero-order chi connectivity index (χ0) is 12.1. The van der Waals surface area contributed by atoms with E-state index in [9.17, 15) is 9.90 Å². The Morgan fingerprint density at radius 2 is 2.06 bits per heavy atom. The Kier molecular flexibility index (Phi) is 4.19. The van der Waals surface area contributed by atoms with E-state index in [2.05, 4.69) is 0 Å². The number of halogens is 1. The molecule has 0 aliphatic heterocycles. The van der Waals surface area contributed by atoms with Crippen LogP contribution in [-0.4, -0.2) is 24.6 Å². The van der Waals surface area contributed by atoms with E-state index in [1.54, 1.807) is 6.07 Å². The Hall–Kier alpha value is -1.68. The maximum absolute atomic E-state index is 10.6. The van der Waals surface area contributed by atoms with Crippen LogP contribution in [0.25, 0.3) is 6.08 Å². The third-order valence-electron chi connectivity index (χ3n) is 1.94. The maximum atomic E-state index is 10.6. The minimum absolute atomic E-state index is 0.0215. The summed E-state index contributed by atoms with van der Waals surface area (Å²) in [4.78, 5) is 10.6. The molecule has 1 aromatic carbocycles.